The number of amides is 2. The number of nitrogens with zero attached hydrogens (tertiary/aromatic N) is 3. The van der Waals surface area contributed by atoms with E-state index in [4.69, 9.17) is 5.73 Å². The minimum atomic E-state index is -0.545. The fourth-order valence-electron chi connectivity index (χ4n) is 2.94. The Morgan fingerprint density at radius 1 is 0.964 bits per heavy atom. The first-order valence-corrected chi connectivity index (χ1v) is 8.65. The van der Waals surface area contributed by atoms with Gasteiger partial charge in [0, 0.05) is 28.6 Å². The summed E-state index contributed by atoms with van der Waals surface area (Å²) >= 11 is 0. The lowest BCUT2D eigenvalue weighted by Crippen LogP contribution is -2.15. The normalized spacial score (nSPS) is 10.8. The fraction of sp³-hybridized carbons (Fsp3) is 0.0476. The molecule has 138 valence electrons. The zero-order valence-corrected chi connectivity index (χ0v) is 15.1. The molecule has 0 unspecified atom stereocenters. The molecule has 0 radical (unpaired) electrons. The number of fused-ring (bicyclic) bond motifs is 1. The summed E-state index contributed by atoms with van der Waals surface area (Å²) in [5.74, 6) is -0.186. The molecule has 0 aliphatic carbocycles. The Kier molecular flexibility index (Phi) is 4.33. The number of rotatable bonds is 4. The van der Waals surface area contributed by atoms with Crippen molar-refractivity contribution in [3.63, 3.8) is 0 Å². The standard InChI is InChI=1S/C21H17N5O2/c1-13-8-9-14(19(22)27)12-17(13)23-21(28)16-6-4-5-15(11-16)20-25-24-18-7-2-3-10-26(18)20/h2-12H,1H3,(H2,22,27)(H,23,28). The lowest BCUT2D eigenvalue weighted by molar-refractivity contribution is 0.0996. The van der Waals surface area contributed by atoms with Gasteiger partial charge in [-0.1, -0.05) is 24.3 Å². The second-order valence-corrected chi connectivity index (χ2v) is 6.38. The van der Waals surface area contributed by atoms with Crippen LogP contribution >= 0.6 is 0 Å². The van der Waals surface area contributed by atoms with Gasteiger partial charge in [0.15, 0.2) is 11.5 Å². The van der Waals surface area contributed by atoms with E-state index in [2.05, 4.69) is 15.5 Å². The monoisotopic (exact) mass is 371 g/mol. The van der Waals surface area contributed by atoms with Gasteiger partial charge in [0.05, 0.1) is 0 Å². The minimum Gasteiger partial charge on any atom is -0.366 e. The molecule has 2 amide bonds. The van der Waals surface area contributed by atoms with E-state index in [-0.39, 0.29) is 5.91 Å². The Labute approximate surface area is 160 Å². The van der Waals surface area contributed by atoms with E-state index >= 15 is 0 Å². The van der Waals surface area contributed by atoms with Crippen molar-refractivity contribution < 1.29 is 9.59 Å². The summed E-state index contributed by atoms with van der Waals surface area (Å²) in [6, 6.07) is 17.7. The molecule has 0 saturated heterocycles. The van der Waals surface area contributed by atoms with Crippen LogP contribution in [-0.4, -0.2) is 26.4 Å². The molecule has 28 heavy (non-hydrogen) atoms. The highest BCUT2D eigenvalue weighted by Crippen LogP contribution is 2.22. The summed E-state index contributed by atoms with van der Waals surface area (Å²) in [6.45, 7) is 1.85. The number of carbonyl (C=O) groups is 2. The molecule has 0 saturated carbocycles. The number of benzene rings is 2. The van der Waals surface area contributed by atoms with Crippen molar-refractivity contribution in [1.29, 1.82) is 0 Å². The van der Waals surface area contributed by atoms with Gasteiger partial charge in [0.1, 0.15) is 0 Å². The summed E-state index contributed by atoms with van der Waals surface area (Å²) in [5.41, 5.74) is 9.00. The average molecular weight is 371 g/mol. The molecule has 0 fully saturated rings. The average Bonchev–Trinajstić information content (AvgIpc) is 3.13. The Morgan fingerprint density at radius 3 is 2.64 bits per heavy atom. The highest BCUT2D eigenvalue weighted by molar-refractivity contribution is 6.06. The van der Waals surface area contributed by atoms with Crippen LogP contribution in [0.25, 0.3) is 17.0 Å². The Morgan fingerprint density at radius 2 is 1.82 bits per heavy atom. The van der Waals surface area contributed by atoms with Crippen LogP contribution in [0.5, 0.6) is 0 Å². The first kappa shape index (κ1) is 17.4. The minimum absolute atomic E-state index is 0.291. The summed E-state index contributed by atoms with van der Waals surface area (Å²) in [6.07, 6.45) is 1.87. The number of aromatic nitrogens is 3. The van der Waals surface area contributed by atoms with Gasteiger partial charge in [-0.25, -0.2) is 0 Å². The molecule has 0 aliphatic heterocycles. The maximum atomic E-state index is 12.8. The number of primary amides is 1. The Bertz CT molecular complexity index is 1210. The highest BCUT2D eigenvalue weighted by Gasteiger charge is 2.13. The number of hydrogen-bond acceptors (Lipinski definition) is 4. The molecular formula is C21H17N5O2. The second kappa shape index (κ2) is 6.96. The van der Waals surface area contributed by atoms with Crippen molar-refractivity contribution in [3.05, 3.63) is 83.6 Å². The number of hydrogen-bond donors (Lipinski definition) is 2. The third-order valence-electron chi connectivity index (χ3n) is 4.47. The van der Waals surface area contributed by atoms with Crippen molar-refractivity contribution >= 4 is 23.1 Å². The SMILES string of the molecule is Cc1ccc(C(N)=O)cc1NC(=O)c1cccc(-c2nnc3ccccn23)c1. The summed E-state index contributed by atoms with van der Waals surface area (Å²) < 4.78 is 1.86. The van der Waals surface area contributed by atoms with E-state index in [1.165, 1.54) is 0 Å². The van der Waals surface area contributed by atoms with Gasteiger partial charge < -0.3 is 11.1 Å². The van der Waals surface area contributed by atoms with Gasteiger partial charge in [0.2, 0.25) is 5.91 Å². The fourth-order valence-corrected chi connectivity index (χ4v) is 2.94. The van der Waals surface area contributed by atoms with Gasteiger partial charge in [-0.15, -0.1) is 10.2 Å². The summed E-state index contributed by atoms with van der Waals surface area (Å²) in [4.78, 5) is 24.2. The number of nitrogens with two attached hydrogens (primary N) is 1. The van der Waals surface area contributed by atoms with Gasteiger partial charge in [-0.05, 0) is 48.9 Å². The molecule has 4 rings (SSSR count). The predicted molar refractivity (Wildman–Crippen MR) is 106 cm³/mol. The van der Waals surface area contributed by atoms with Crippen LogP contribution < -0.4 is 11.1 Å². The van der Waals surface area contributed by atoms with Crippen LogP contribution in [0.1, 0.15) is 26.3 Å². The van der Waals surface area contributed by atoms with Crippen molar-refractivity contribution in [1.82, 2.24) is 14.6 Å². The smallest absolute Gasteiger partial charge is 0.255 e. The summed E-state index contributed by atoms with van der Waals surface area (Å²) in [5, 5.41) is 11.2. The maximum Gasteiger partial charge on any atom is 0.255 e. The van der Waals surface area contributed by atoms with Crippen molar-refractivity contribution in [2.24, 2.45) is 5.73 Å². The van der Waals surface area contributed by atoms with Crippen LogP contribution in [0.3, 0.4) is 0 Å². The predicted octanol–water partition coefficient (Wildman–Crippen LogP) is 3.06. The molecule has 0 bridgehead atoms. The van der Waals surface area contributed by atoms with E-state index in [0.29, 0.717) is 22.6 Å². The van der Waals surface area contributed by atoms with Crippen LogP contribution in [0.4, 0.5) is 5.69 Å². The first-order chi connectivity index (χ1) is 13.5. The van der Waals surface area contributed by atoms with Gasteiger partial charge in [-0.2, -0.15) is 0 Å². The van der Waals surface area contributed by atoms with Crippen LogP contribution in [0.15, 0.2) is 66.9 Å². The molecular weight excluding hydrogens is 354 g/mol. The Balaban J connectivity index is 1.66. The first-order valence-electron chi connectivity index (χ1n) is 8.65. The van der Waals surface area contributed by atoms with Crippen molar-refractivity contribution in [2.45, 2.75) is 6.92 Å². The summed E-state index contributed by atoms with van der Waals surface area (Å²) in [7, 11) is 0. The number of nitrogens with one attached hydrogen (secondary N) is 1. The zero-order chi connectivity index (χ0) is 19.7. The molecule has 2 aromatic carbocycles. The number of pyridine rings is 1. The van der Waals surface area contributed by atoms with Gasteiger partial charge in [0.25, 0.3) is 5.91 Å². The third-order valence-corrected chi connectivity index (χ3v) is 4.47. The van der Waals surface area contributed by atoms with E-state index in [9.17, 15) is 9.59 Å². The largest absolute Gasteiger partial charge is 0.366 e. The quantitative estimate of drug-likeness (QED) is 0.575. The molecule has 7 heteroatoms. The van der Waals surface area contributed by atoms with Crippen LogP contribution in [-0.2, 0) is 0 Å². The number of aryl methyl sites for hydroxylation is 1. The molecule has 3 N–H and O–H groups in total. The molecule has 4 aromatic rings. The van der Waals surface area contributed by atoms with E-state index in [1.807, 2.05) is 41.8 Å². The van der Waals surface area contributed by atoms with Crippen molar-refractivity contribution in [2.75, 3.05) is 5.32 Å². The number of carbonyl (C=O) groups excluding carboxylic acids is 2. The van der Waals surface area contributed by atoms with E-state index < -0.39 is 5.91 Å². The van der Waals surface area contributed by atoms with Crippen molar-refractivity contribution in [3.8, 4) is 11.4 Å². The molecule has 0 aliphatic rings. The number of anilines is 1. The van der Waals surface area contributed by atoms with E-state index in [1.54, 1.807) is 36.4 Å². The second-order valence-electron chi connectivity index (χ2n) is 6.38. The molecule has 2 heterocycles. The van der Waals surface area contributed by atoms with Gasteiger partial charge >= 0.3 is 0 Å². The van der Waals surface area contributed by atoms with Crippen LogP contribution in [0, 0.1) is 6.92 Å². The van der Waals surface area contributed by atoms with Crippen LogP contribution in [0.2, 0.25) is 0 Å². The molecule has 0 spiro atoms. The van der Waals surface area contributed by atoms with Gasteiger partial charge in [-0.3, -0.25) is 14.0 Å². The topological polar surface area (TPSA) is 102 Å². The lowest BCUT2D eigenvalue weighted by atomic mass is 10.1. The maximum absolute atomic E-state index is 12.8. The molecule has 7 nitrogen and oxygen atoms in total. The molecule has 2 aromatic heterocycles. The Hall–Kier alpha value is -4.00. The molecule has 0 atom stereocenters. The highest BCUT2D eigenvalue weighted by atomic mass is 16.2. The zero-order valence-electron chi connectivity index (χ0n) is 15.1. The lowest BCUT2D eigenvalue weighted by Gasteiger charge is -2.10. The third kappa shape index (κ3) is 3.21. The van der Waals surface area contributed by atoms with E-state index in [0.717, 1.165) is 16.8 Å².